The highest BCUT2D eigenvalue weighted by atomic mass is 16.2. The van der Waals surface area contributed by atoms with Crippen molar-refractivity contribution in [3.63, 3.8) is 0 Å². The van der Waals surface area contributed by atoms with Gasteiger partial charge in [-0.2, -0.15) is 5.26 Å². The Hall–Kier alpha value is -1.82. The van der Waals surface area contributed by atoms with E-state index < -0.39 is 6.04 Å². The molecular formula is C13H16N2O. The van der Waals surface area contributed by atoms with E-state index in [0.29, 0.717) is 0 Å². The van der Waals surface area contributed by atoms with Crippen LogP contribution in [0, 0.1) is 17.2 Å². The highest BCUT2D eigenvalue weighted by Crippen LogP contribution is 2.19. The maximum atomic E-state index is 11.8. The van der Waals surface area contributed by atoms with Gasteiger partial charge in [-0.25, -0.2) is 0 Å². The van der Waals surface area contributed by atoms with Gasteiger partial charge in [0.1, 0.15) is 6.04 Å². The van der Waals surface area contributed by atoms with Crippen LogP contribution in [0.3, 0.4) is 0 Å². The summed E-state index contributed by atoms with van der Waals surface area (Å²) in [7, 11) is 1.67. The number of amides is 1. The van der Waals surface area contributed by atoms with Gasteiger partial charge in [-0.3, -0.25) is 4.79 Å². The van der Waals surface area contributed by atoms with Crippen LogP contribution in [-0.4, -0.2) is 17.9 Å². The van der Waals surface area contributed by atoms with Crippen molar-refractivity contribution in [3.8, 4) is 6.07 Å². The van der Waals surface area contributed by atoms with Gasteiger partial charge in [0.25, 0.3) is 0 Å². The largest absolute Gasteiger partial charge is 0.326 e. The number of carbonyl (C=O) groups excluding carboxylic acids is 1. The predicted molar refractivity (Wildman–Crippen MR) is 62.4 cm³/mol. The van der Waals surface area contributed by atoms with Gasteiger partial charge < -0.3 is 4.90 Å². The fourth-order valence-electron chi connectivity index (χ4n) is 1.55. The second-order valence-electron chi connectivity index (χ2n) is 4.05. The minimum atomic E-state index is -0.504. The molecule has 84 valence electrons. The molecule has 0 spiro atoms. The first-order valence-electron chi connectivity index (χ1n) is 5.29. The summed E-state index contributed by atoms with van der Waals surface area (Å²) in [6.45, 7) is 3.66. The molecule has 0 aliphatic rings. The molecule has 0 fully saturated rings. The highest BCUT2D eigenvalue weighted by Gasteiger charge is 2.22. The Bertz CT molecular complexity index is 392. The van der Waals surface area contributed by atoms with Gasteiger partial charge in [-0.15, -0.1) is 0 Å². The molecule has 1 rings (SSSR count). The lowest BCUT2D eigenvalue weighted by atomic mass is 10.1. The summed E-state index contributed by atoms with van der Waals surface area (Å²) in [6, 6.07) is 11.0. The summed E-state index contributed by atoms with van der Waals surface area (Å²) in [5.74, 6) is -0.111. The van der Waals surface area contributed by atoms with E-state index in [1.807, 2.05) is 44.2 Å². The fraction of sp³-hybridized carbons (Fsp3) is 0.385. The second kappa shape index (κ2) is 5.32. The normalized spacial score (nSPS) is 11.9. The molecule has 0 bridgehead atoms. The van der Waals surface area contributed by atoms with Gasteiger partial charge in [0, 0.05) is 13.0 Å². The quantitative estimate of drug-likeness (QED) is 0.778. The molecule has 0 aliphatic heterocycles. The lowest BCUT2D eigenvalue weighted by Gasteiger charge is -2.24. The van der Waals surface area contributed by atoms with Gasteiger partial charge in [0.05, 0.1) is 6.07 Å². The van der Waals surface area contributed by atoms with Crippen LogP contribution in [0.1, 0.15) is 25.5 Å². The van der Waals surface area contributed by atoms with Crippen LogP contribution in [0.25, 0.3) is 0 Å². The Balaban J connectivity index is 2.93. The maximum Gasteiger partial charge on any atom is 0.226 e. The molecule has 1 unspecified atom stereocenters. The van der Waals surface area contributed by atoms with Gasteiger partial charge in [0.15, 0.2) is 0 Å². The monoisotopic (exact) mass is 216 g/mol. The van der Waals surface area contributed by atoms with Crippen molar-refractivity contribution in [1.82, 2.24) is 4.90 Å². The highest BCUT2D eigenvalue weighted by molar-refractivity contribution is 5.78. The number of rotatable bonds is 3. The Labute approximate surface area is 96.3 Å². The molecule has 16 heavy (non-hydrogen) atoms. The first-order chi connectivity index (χ1) is 7.57. The van der Waals surface area contributed by atoms with Crippen LogP contribution in [-0.2, 0) is 4.79 Å². The van der Waals surface area contributed by atoms with Crippen LogP contribution < -0.4 is 0 Å². The molecule has 1 aromatic carbocycles. The number of nitriles is 1. The van der Waals surface area contributed by atoms with E-state index in [-0.39, 0.29) is 11.8 Å². The zero-order valence-electron chi connectivity index (χ0n) is 9.84. The third kappa shape index (κ3) is 2.60. The Morgan fingerprint density at radius 3 is 2.31 bits per heavy atom. The molecule has 0 aliphatic carbocycles. The summed E-state index contributed by atoms with van der Waals surface area (Å²) >= 11 is 0. The zero-order chi connectivity index (χ0) is 12.1. The van der Waals surface area contributed by atoms with E-state index in [0.717, 1.165) is 5.56 Å². The van der Waals surface area contributed by atoms with E-state index in [2.05, 4.69) is 6.07 Å². The topological polar surface area (TPSA) is 44.1 Å². The second-order valence-corrected chi connectivity index (χ2v) is 4.05. The van der Waals surface area contributed by atoms with Crippen molar-refractivity contribution in [3.05, 3.63) is 35.9 Å². The van der Waals surface area contributed by atoms with E-state index >= 15 is 0 Å². The average Bonchev–Trinajstić information content (AvgIpc) is 2.30. The molecule has 1 amide bonds. The van der Waals surface area contributed by atoms with Crippen molar-refractivity contribution in [1.29, 1.82) is 5.26 Å². The first-order valence-corrected chi connectivity index (χ1v) is 5.29. The van der Waals surface area contributed by atoms with Crippen molar-refractivity contribution in [2.24, 2.45) is 5.92 Å². The predicted octanol–water partition coefficient (Wildman–Crippen LogP) is 2.37. The van der Waals surface area contributed by atoms with Crippen LogP contribution in [0.4, 0.5) is 0 Å². The SMILES string of the molecule is CC(C)C(=O)N(C)C(C#N)c1ccccc1. The van der Waals surface area contributed by atoms with Crippen LogP contribution in [0.2, 0.25) is 0 Å². The smallest absolute Gasteiger partial charge is 0.226 e. The summed E-state index contributed by atoms with van der Waals surface area (Å²) in [5, 5.41) is 9.14. The van der Waals surface area contributed by atoms with Crippen LogP contribution in [0.15, 0.2) is 30.3 Å². The maximum absolute atomic E-state index is 11.8. The number of carbonyl (C=O) groups is 1. The molecule has 0 saturated carbocycles. The summed E-state index contributed by atoms with van der Waals surface area (Å²) in [4.78, 5) is 13.3. The van der Waals surface area contributed by atoms with Gasteiger partial charge in [-0.05, 0) is 5.56 Å². The molecule has 0 heterocycles. The summed E-state index contributed by atoms with van der Waals surface area (Å²) in [5.41, 5.74) is 0.849. The third-order valence-corrected chi connectivity index (χ3v) is 2.47. The minimum absolute atomic E-state index is 0.0181. The zero-order valence-corrected chi connectivity index (χ0v) is 9.84. The summed E-state index contributed by atoms with van der Waals surface area (Å²) in [6.07, 6.45) is 0. The molecule has 0 radical (unpaired) electrons. The number of benzene rings is 1. The number of nitrogens with zero attached hydrogens (tertiary/aromatic N) is 2. The Kier molecular flexibility index (Phi) is 4.07. The summed E-state index contributed by atoms with van der Waals surface area (Å²) < 4.78 is 0. The molecule has 0 aromatic heterocycles. The molecule has 1 atom stereocenters. The average molecular weight is 216 g/mol. The van der Waals surface area contributed by atoms with E-state index in [4.69, 9.17) is 5.26 Å². The van der Waals surface area contributed by atoms with Crippen LogP contribution in [0.5, 0.6) is 0 Å². The molecule has 3 nitrogen and oxygen atoms in total. The molecule has 0 N–H and O–H groups in total. The van der Waals surface area contributed by atoms with Crippen molar-refractivity contribution < 1.29 is 4.79 Å². The van der Waals surface area contributed by atoms with Crippen molar-refractivity contribution >= 4 is 5.91 Å². The fourth-order valence-corrected chi connectivity index (χ4v) is 1.55. The van der Waals surface area contributed by atoms with Gasteiger partial charge in [0.2, 0.25) is 5.91 Å². The molecule has 3 heteroatoms. The van der Waals surface area contributed by atoms with E-state index in [1.54, 1.807) is 7.05 Å². The van der Waals surface area contributed by atoms with Gasteiger partial charge in [-0.1, -0.05) is 44.2 Å². The van der Waals surface area contributed by atoms with Crippen LogP contribution >= 0.6 is 0 Å². The lowest BCUT2D eigenvalue weighted by molar-refractivity contribution is -0.134. The Morgan fingerprint density at radius 2 is 1.88 bits per heavy atom. The number of hydrogen-bond acceptors (Lipinski definition) is 2. The molecular weight excluding hydrogens is 200 g/mol. The third-order valence-electron chi connectivity index (χ3n) is 2.47. The molecule has 1 aromatic rings. The van der Waals surface area contributed by atoms with E-state index in [9.17, 15) is 4.79 Å². The lowest BCUT2D eigenvalue weighted by Crippen LogP contribution is -2.33. The Morgan fingerprint density at radius 1 is 1.31 bits per heavy atom. The van der Waals surface area contributed by atoms with Gasteiger partial charge >= 0.3 is 0 Å². The first kappa shape index (κ1) is 12.3. The molecule has 0 saturated heterocycles. The minimum Gasteiger partial charge on any atom is -0.326 e. The standard InChI is InChI=1S/C13H16N2O/c1-10(2)13(16)15(3)12(9-14)11-7-5-4-6-8-11/h4-8,10,12H,1-3H3. The number of hydrogen-bond donors (Lipinski definition) is 0. The van der Waals surface area contributed by atoms with Crippen molar-refractivity contribution in [2.75, 3.05) is 7.05 Å². The van der Waals surface area contributed by atoms with Crippen molar-refractivity contribution in [2.45, 2.75) is 19.9 Å². The van der Waals surface area contributed by atoms with E-state index in [1.165, 1.54) is 4.90 Å².